The molecule has 0 bridgehead atoms. The van der Waals surface area contributed by atoms with Crippen molar-refractivity contribution in [3.63, 3.8) is 0 Å². The highest BCUT2D eigenvalue weighted by Crippen LogP contribution is 2.52. The predicted molar refractivity (Wildman–Crippen MR) is 79.9 cm³/mol. The molecule has 1 heterocycles. The quantitative estimate of drug-likeness (QED) is 0.689. The lowest BCUT2D eigenvalue weighted by atomic mass is 9.65. The Bertz CT molecular complexity index is 433. The summed E-state index contributed by atoms with van der Waals surface area (Å²) in [5.41, 5.74) is 0.286. The van der Waals surface area contributed by atoms with Crippen LogP contribution >= 0.6 is 0 Å². The summed E-state index contributed by atoms with van der Waals surface area (Å²) in [4.78, 5) is 25.5. The number of carbonyl (C=O) groups excluding carboxylic acids is 2. The van der Waals surface area contributed by atoms with Crippen LogP contribution in [0.1, 0.15) is 54.4 Å². The second kappa shape index (κ2) is 4.71. The molecule has 0 aromatic carbocycles. The van der Waals surface area contributed by atoms with Crippen molar-refractivity contribution in [2.24, 2.45) is 22.7 Å². The lowest BCUT2D eigenvalue weighted by molar-refractivity contribution is -0.141. The molecule has 112 valence electrons. The smallest absolute Gasteiger partial charge is 0.253 e. The molecule has 2 aliphatic rings. The van der Waals surface area contributed by atoms with Crippen molar-refractivity contribution in [3.8, 4) is 0 Å². The molecular formula is C17H27NO2. The highest BCUT2D eigenvalue weighted by molar-refractivity contribution is 6.13. The van der Waals surface area contributed by atoms with Gasteiger partial charge in [-0.1, -0.05) is 41.5 Å². The second-order valence-electron chi connectivity index (χ2n) is 8.39. The molecule has 20 heavy (non-hydrogen) atoms. The zero-order valence-corrected chi connectivity index (χ0v) is 13.6. The summed E-state index contributed by atoms with van der Waals surface area (Å²) in [5, 5.41) is 0. The number of imide groups is 1. The molecule has 2 rings (SSSR count). The minimum atomic E-state index is -0.135. The largest absolute Gasteiger partial charge is 0.272 e. The fraction of sp³-hybridized carbons (Fsp3) is 0.765. The standard InChI is InChI=1S/C17H27NO2/c1-16(2,3)11-7-8-12(15(11)17(4,5)6)18-13(19)9-10-14(18)20/h9-12,15H,7-8H2,1-6H3/t11?,12-,15+/m0/s1. The van der Waals surface area contributed by atoms with Gasteiger partial charge in [0.2, 0.25) is 0 Å². The number of rotatable bonds is 1. The van der Waals surface area contributed by atoms with Crippen LogP contribution in [0.3, 0.4) is 0 Å². The molecule has 1 unspecified atom stereocenters. The van der Waals surface area contributed by atoms with Crippen LogP contribution in [0.15, 0.2) is 12.2 Å². The van der Waals surface area contributed by atoms with Gasteiger partial charge in [0, 0.05) is 18.2 Å². The third-order valence-corrected chi connectivity index (χ3v) is 4.91. The van der Waals surface area contributed by atoms with Gasteiger partial charge in [-0.15, -0.1) is 0 Å². The van der Waals surface area contributed by atoms with Crippen LogP contribution in [-0.4, -0.2) is 22.8 Å². The van der Waals surface area contributed by atoms with E-state index in [0.717, 1.165) is 12.8 Å². The van der Waals surface area contributed by atoms with Crippen molar-refractivity contribution in [1.29, 1.82) is 0 Å². The van der Waals surface area contributed by atoms with Gasteiger partial charge in [-0.2, -0.15) is 0 Å². The van der Waals surface area contributed by atoms with Gasteiger partial charge in [-0.3, -0.25) is 14.5 Å². The predicted octanol–water partition coefficient (Wildman–Crippen LogP) is 3.40. The first-order valence-electron chi connectivity index (χ1n) is 7.58. The number of nitrogens with zero attached hydrogens (tertiary/aromatic N) is 1. The molecule has 3 nitrogen and oxygen atoms in total. The van der Waals surface area contributed by atoms with E-state index in [1.165, 1.54) is 17.1 Å². The normalized spacial score (nSPS) is 31.5. The van der Waals surface area contributed by atoms with E-state index in [9.17, 15) is 9.59 Å². The molecule has 1 saturated carbocycles. The van der Waals surface area contributed by atoms with Gasteiger partial charge < -0.3 is 0 Å². The summed E-state index contributed by atoms with van der Waals surface area (Å²) in [7, 11) is 0. The molecule has 0 aromatic heterocycles. The highest BCUT2D eigenvalue weighted by Gasteiger charge is 2.51. The summed E-state index contributed by atoms with van der Waals surface area (Å²) in [5.74, 6) is 0.622. The Hall–Kier alpha value is -1.12. The Balaban J connectivity index is 2.35. The van der Waals surface area contributed by atoms with E-state index in [2.05, 4.69) is 41.5 Å². The summed E-state index contributed by atoms with van der Waals surface area (Å²) in [6.07, 6.45) is 4.84. The maximum Gasteiger partial charge on any atom is 0.253 e. The van der Waals surface area contributed by atoms with Gasteiger partial charge in [-0.25, -0.2) is 0 Å². The van der Waals surface area contributed by atoms with Gasteiger partial charge in [0.25, 0.3) is 11.8 Å². The molecule has 1 fully saturated rings. The van der Waals surface area contributed by atoms with Crippen molar-refractivity contribution in [1.82, 2.24) is 4.90 Å². The first-order valence-corrected chi connectivity index (χ1v) is 7.58. The third kappa shape index (κ3) is 2.55. The minimum Gasteiger partial charge on any atom is -0.272 e. The Kier molecular flexibility index (Phi) is 3.60. The Morgan fingerprint density at radius 3 is 1.80 bits per heavy atom. The molecule has 0 N–H and O–H groups in total. The zero-order chi connectivity index (χ0) is 15.3. The number of amides is 2. The van der Waals surface area contributed by atoms with Crippen LogP contribution in [0.2, 0.25) is 0 Å². The van der Waals surface area contributed by atoms with Crippen LogP contribution in [0.25, 0.3) is 0 Å². The summed E-state index contributed by atoms with van der Waals surface area (Å²) in [6.45, 7) is 13.5. The monoisotopic (exact) mass is 277 g/mol. The maximum atomic E-state index is 12.0. The van der Waals surface area contributed by atoms with Crippen LogP contribution < -0.4 is 0 Å². The van der Waals surface area contributed by atoms with E-state index < -0.39 is 0 Å². The van der Waals surface area contributed by atoms with Gasteiger partial charge >= 0.3 is 0 Å². The number of hydrogen-bond acceptors (Lipinski definition) is 2. The maximum absolute atomic E-state index is 12.0. The van der Waals surface area contributed by atoms with E-state index in [1.54, 1.807) is 0 Å². The van der Waals surface area contributed by atoms with Crippen molar-refractivity contribution < 1.29 is 9.59 Å². The van der Waals surface area contributed by atoms with Gasteiger partial charge in [0.1, 0.15) is 0 Å². The lowest BCUT2D eigenvalue weighted by Gasteiger charge is -2.43. The number of hydrogen-bond donors (Lipinski definition) is 0. The molecule has 0 aromatic rings. The Morgan fingerprint density at radius 1 is 0.900 bits per heavy atom. The average molecular weight is 277 g/mol. The van der Waals surface area contributed by atoms with E-state index in [4.69, 9.17) is 0 Å². The zero-order valence-electron chi connectivity index (χ0n) is 13.6. The molecule has 1 aliphatic heterocycles. The van der Waals surface area contributed by atoms with Crippen LogP contribution in [0.5, 0.6) is 0 Å². The van der Waals surface area contributed by atoms with Gasteiger partial charge in [0.15, 0.2) is 0 Å². The first kappa shape index (κ1) is 15.3. The Morgan fingerprint density at radius 2 is 1.40 bits per heavy atom. The minimum absolute atomic E-state index is 0.0502. The van der Waals surface area contributed by atoms with E-state index >= 15 is 0 Å². The molecule has 2 amide bonds. The fourth-order valence-electron chi connectivity index (χ4n) is 4.16. The van der Waals surface area contributed by atoms with Crippen LogP contribution in [0.4, 0.5) is 0 Å². The van der Waals surface area contributed by atoms with Crippen molar-refractivity contribution >= 4 is 11.8 Å². The molecule has 0 saturated heterocycles. The summed E-state index contributed by atoms with van der Waals surface area (Å²) >= 11 is 0. The highest BCUT2D eigenvalue weighted by atomic mass is 16.2. The topological polar surface area (TPSA) is 37.4 Å². The third-order valence-electron chi connectivity index (χ3n) is 4.91. The van der Waals surface area contributed by atoms with E-state index in [1.807, 2.05) is 0 Å². The van der Waals surface area contributed by atoms with E-state index in [-0.39, 0.29) is 28.7 Å². The molecule has 0 spiro atoms. The van der Waals surface area contributed by atoms with E-state index in [0.29, 0.717) is 11.8 Å². The average Bonchev–Trinajstić information content (AvgIpc) is 2.81. The van der Waals surface area contributed by atoms with Crippen molar-refractivity contribution in [2.75, 3.05) is 0 Å². The summed E-state index contributed by atoms with van der Waals surface area (Å²) in [6, 6.07) is 0.0502. The molecule has 0 radical (unpaired) electrons. The van der Waals surface area contributed by atoms with Gasteiger partial charge in [0.05, 0.1) is 0 Å². The lowest BCUT2D eigenvalue weighted by Crippen LogP contribution is -2.48. The Labute approximate surface area is 122 Å². The SMILES string of the molecule is CC(C)(C)C1CC[C@H](N2C(=O)C=CC2=O)[C@@H]1C(C)(C)C. The molecule has 1 aliphatic carbocycles. The molecule has 3 heteroatoms. The second-order valence-corrected chi connectivity index (χ2v) is 8.39. The van der Waals surface area contributed by atoms with Crippen LogP contribution in [0, 0.1) is 22.7 Å². The fourth-order valence-corrected chi connectivity index (χ4v) is 4.16. The van der Waals surface area contributed by atoms with Gasteiger partial charge in [-0.05, 0) is 35.5 Å². The van der Waals surface area contributed by atoms with Crippen molar-refractivity contribution in [2.45, 2.75) is 60.4 Å². The molecule has 3 atom stereocenters. The van der Waals surface area contributed by atoms with Crippen molar-refractivity contribution in [3.05, 3.63) is 12.2 Å². The number of carbonyl (C=O) groups is 2. The first-order chi connectivity index (χ1) is 9.03. The van der Waals surface area contributed by atoms with Crippen LogP contribution in [-0.2, 0) is 9.59 Å². The molecular weight excluding hydrogens is 250 g/mol. The summed E-state index contributed by atoms with van der Waals surface area (Å²) < 4.78 is 0.